The second-order valence-electron chi connectivity index (χ2n) is 5.52. The van der Waals surface area contributed by atoms with E-state index in [4.69, 9.17) is 0 Å². The molecule has 0 spiro atoms. The lowest BCUT2D eigenvalue weighted by molar-refractivity contribution is 0.264. The molecule has 0 bridgehead atoms. The van der Waals surface area contributed by atoms with Crippen LogP contribution in [-0.2, 0) is 26.1 Å². The molecule has 2 heterocycles. The zero-order valence-electron chi connectivity index (χ0n) is 13.1. The summed E-state index contributed by atoms with van der Waals surface area (Å²) in [5.41, 5.74) is 1.30. The molecule has 2 rings (SSSR count). The van der Waals surface area contributed by atoms with Crippen LogP contribution < -0.4 is 0 Å². The minimum absolute atomic E-state index is 0.0808. The van der Waals surface area contributed by atoms with Gasteiger partial charge in [0.1, 0.15) is 0 Å². The summed E-state index contributed by atoms with van der Waals surface area (Å²) < 4.78 is 3.58. The highest BCUT2D eigenvalue weighted by atomic mass is 16.3. The van der Waals surface area contributed by atoms with Gasteiger partial charge in [-0.05, 0) is 19.3 Å². The molecular formula is C16H25N3O3. The van der Waals surface area contributed by atoms with Crippen LogP contribution in [0.4, 0.5) is 0 Å². The third kappa shape index (κ3) is 3.62. The van der Waals surface area contributed by atoms with Crippen LogP contribution in [0.1, 0.15) is 43.9 Å². The molecule has 2 aromatic heterocycles. The van der Waals surface area contributed by atoms with Crippen molar-refractivity contribution in [2.75, 3.05) is 0 Å². The van der Waals surface area contributed by atoms with Gasteiger partial charge >= 0.3 is 0 Å². The van der Waals surface area contributed by atoms with Gasteiger partial charge in [0.15, 0.2) is 5.75 Å². The fourth-order valence-electron chi connectivity index (χ4n) is 2.76. The van der Waals surface area contributed by atoms with E-state index in [2.05, 4.69) is 11.9 Å². The Bertz CT molecular complexity index is 576. The normalized spacial score (nSPS) is 11.2. The monoisotopic (exact) mass is 307 g/mol. The van der Waals surface area contributed by atoms with Gasteiger partial charge in [0, 0.05) is 31.0 Å². The van der Waals surface area contributed by atoms with Crippen molar-refractivity contribution in [2.24, 2.45) is 0 Å². The molecule has 0 fully saturated rings. The van der Waals surface area contributed by atoms with Crippen molar-refractivity contribution in [3.63, 3.8) is 0 Å². The molecule has 3 N–H and O–H groups in total. The van der Waals surface area contributed by atoms with Crippen molar-refractivity contribution in [2.45, 2.75) is 58.7 Å². The van der Waals surface area contributed by atoms with Crippen LogP contribution in [-0.4, -0.2) is 29.4 Å². The van der Waals surface area contributed by atoms with Gasteiger partial charge in [-0.25, -0.2) is 4.98 Å². The number of hydrogen-bond acceptors (Lipinski definition) is 4. The van der Waals surface area contributed by atoms with Crippen molar-refractivity contribution >= 4 is 0 Å². The molecule has 0 atom stereocenters. The van der Waals surface area contributed by atoms with Crippen molar-refractivity contribution in [1.82, 2.24) is 14.1 Å². The van der Waals surface area contributed by atoms with Crippen LogP contribution in [0.5, 0.6) is 11.6 Å². The van der Waals surface area contributed by atoms with Gasteiger partial charge in [-0.2, -0.15) is 0 Å². The number of imidazole rings is 1. The predicted molar refractivity (Wildman–Crippen MR) is 83.8 cm³/mol. The Kier molecular flexibility index (Phi) is 5.89. The van der Waals surface area contributed by atoms with Gasteiger partial charge in [0.05, 0.1) is 18.6 Å². The summed E-state index contributed by atoms with van der Waals surface area (Å²) in [5, 5.41) is 29.9. The lowest BCUT2D eigenvalue weighted by Crippen LogP contribution is -2.07. The van der Waals surface area contributed by atoms with Crippen LogP contribution in [0.25, 0.3) is 0 Å². The first-order valence-corrected chi connectivity index (χ1v) is 7.87. The highest BCUT2D eigenvalue weighted by Gasteiger charge is 2.20. The molecule has 6 heteroatoms. The zero-order valence-corrected chi connectivity index (χ0v) is 13.1. The average molecular weight is 307 g/mol. The third-order valence-electron chi connectivity index (χ3n) is 3.96. The quantitative estimate of drug-likeness (QED) is 0.621. The largest absolute Gasteiger partial charge is 0.503 e. The Morgan fingerprint density at radius 1 is 1.14 bits per heavy atom. The fraction of sp³-hybridized carbons (Fsp3) is 0.562. The maximum atomic E-state index is 10.1. The molecule has 0 radical (unpaired) electrons. The molecule has 0 aliphatic carbocycles. The molecule has 0 unspecified atom stereocenters. The maximum absolute atomic E-state index is 10.1. The summed E-state index contributed by atoms with van der Waals surface area (Å²) in [5.74, 6) is -0.219. The number of aromatic nitrogens is 3. The third-order valence-corrected chi connectivity index (χ3v) is 3.96. The summed E-state index contributed by atoms with van der Waals surface area (Å²) in [7, 11) is 0. The van der Waals surface area contributed by atoms with Crippen LogP contribution in [0.3, 0.4) is 0 Å². The molecule has 0 amide bonds. The first kappa shape index (κ1) is 16.4. The number of aliphatic hydroxyl groups excluding tert-OH is 1. The Morgan fingerprint density at radius 3 is 2.59 bits per heavy atom. The number of hydrogen-bond donors (Lipinski definition) is 3. The van der Waals surface area contributed by atoms with E-state index in [-0.39, 0.29) is 18.2 Å². The topological polar surface area (TPSA) is 83.4 Å². The highest BCUT2D eigenvalue weighted by Crippen LogP contribution is 2.36. The molecule has 0 aliphatic heterocycles. The smallest absolute Gasteiger partial charge is 0.235 e. The molecular weight excluding hydrogens is 282 g/mol. The fourth-order valence-corrected chi connectivity index (χ4v) is 2.76. The summed E-state index contributed by atoms with van der Waals surface area (Å²) in [4.78, 5) is 3.99. The standard InChI is InChI=1S/C16H25N3O3/c1-2-3-4-6-13-14(11-20)19(16(22)15(13)21)9-5-8-18-10-7-17-12-18/h7,10,12,20-22H,2-6,8-9,11H2,1H3. The number of rotatable bonds is 9. The van der Waals surface area contributed by atoms with Crippen LogP contribution in [0.15, 0.2) is 18.7 Å². The molecule has 6 nitrogen and oxygen atoms in total. The number of aromatic hydroxyl groups is 2. The Hall–Kier alpha value is -1.95. The van der Waals surface area contributed by atoms with Crippen LogP contribution in [0, 0.1) is 0 Å². The minimum atomic E-state index is -0.180. The summed E-state index contributed by atoms with van der Waals surface area (Å²) in [6, 6.07) is 0. The van der Waals surface area contributed by atoms with E-state index in [1.165, 1.54) is 0 Å². The van der Waals surface area contributed by atoms with Gasteiger partial charge in [-0.15, -0.1) is 0 Å². The predicted octanol–water partition coefficient (Wildman–Crippen LogP) is 2.41. The Morgan fingerprint density at radius 2 is 1.95 bits per heavy atom. The van der Waals surface area contributed by atoms with Crippen molar-refractivity contribution in [3.8, 4) is 11.6 Å². The van der Waals surface area contributed by atoms with Crippen molar-refractivity contribution in [1.29, 1.82) is 0 Å². The van der Waals surface area contributed by atoms with E-state index in [9.17, 15) is 15.3 Å². The maximum Gasteiger partial charge on any atom is 0.235 e. The number of aryl methyl sites for hydroxylation is 1. The van der Waals surface area contributed by atoms with Crippen molar-refractivity contribution in [3.05, 3.63) is 30.0 Å². The second kappa shape index (κ2) is 7.89. The number of nitrogens with zero attached hydrogens (tertiary/aromatic N) is 3. The molecule has 0 saturated carbocycles. The zero-order chi connectivity index (χ0) is 15.9. The van der Waals surface area contributed by atoms with Crippen LogP contribution >= 0.6 is 0 Å². The van der Waals surface area contributed by atoms with E-state index in [0.29, 0.717) is 24.2 Å². The molecule has 22 heavy (non-hydrogen) atoms. The highest BCUT2D eigenvalue weighted by molar-refractivity contribution is 5.47. The molecule has 0 saturated heterocycles. The average Bonchev–Trinajstić information content (AvgIpc) is 3.11. The van der Waals surface area contributed by atoms with Gasteiger partial charge in [0.25, 0.3) is 0 Å². The second-order valence-corrected chi connectivity index (χ2v) is 5.52. The van der Waals surface area contributed by atoms with E-state index < -0.39 is 0 Å². The summed E-state index contributed by atoms with van der Waals surface area (Å²) >= 11 is 0. The van der Waals surface area contributed by atoms with Crippen molar-refractivity contribution < 1.29 is 15.3 Å². The summed E-state index contributed by atoms with van der Waals surface area (Å²) in [6.07, 6.45) is 9.91. The minimum Gasteiger partial charge on any atom is -0.503 e. The van der Waals surface area contributed by atoms with E-state index in [1.54, 1.807) is 17.1 Å². The SMILES string of the molecule is CCCCCc1c(O)c(O)n(CCCn2ccnc2)c1CO. The molecule has 2 aromatic rings. The molecule has 0 aromatic carbocycles. The van der Waals surface area contributed by atoms with Gasteiger partial charge in [-0.3, -0.25) is 0 Å². The number of unbranched alkanes of at least 4 members (excludes halogenated alkanes) is 2. The Labute approximate surface area is 130 Å². The van der Waals surface area contributed by atoms with E-state index in [0.717, 1.165) is 32.2 Å². The first-order chi connectivity index (χ1) is 10.7. The van der Waals surface area contributed by atoms with Crippen LogP contribution in [0.2, 0.25) is 0 Å². The van der Waals surface area contributed by atoms with E-state index in [1.807, 2.05) is 10.8 Å². The lowest BCUT2D eigenvalue weighted by atomic mass is 10.1. The van der Waals surface area contributed by atoms with Gasteiger partial charge in [-0.1, -0.05) is 19.8 Å². The number of aliphatic hydroxyl groups is 1. The van der Waals surface area contributed by atoms with E-state index >= 15 is 0 Å². The van der Waals surface area contributed by atoms with Gasteiger partial charge in [0.2, 0.25) is 5.88 Å². The lowest BCUT2D eigenvalue weighted by Gasteiger charge is -2.10. The molecule has 0 aliphatic rings. The summed E-state index contributed by atoms with van der Waals surface area (Å²) in [6.45, 7) is 3.25. The van der Waals surface area contributed by atoms with Gasteiger partial charge < -0.3 is 24.5 Å². The Balaban J connectivity index is 2.07. The molecule has 122 valence electrons. The first-order valence-electron chi connectivity index (χ1n) is 7.87.